The third-order valence-corrected chi connectivity index (χ3v) is 2.71. The first kappa shape index (κ1) is 11.5. The maximum absolute atomic E-state index is 11.7. The zero-order valence-electron chi connectivity index (χ0n) is 9.68. The van der Waals surface area contributed by atoms with Crippen LogP contribution in [-0.4, -0.2) is 17.4 Å². The van der Waals surface area contributed by atoms with Gasteiger partial charge < -0.3 is 11.1 Å². The standard InChI is InChI=1S/C13H15N3O/c1-9(7-14)13(17)16-12-3-2-11-8-15-5-4-10(11)6-12/h2-6,8-9H,7,14H2,1H3,(H,16,17). The number of rotatable bonds is 3. The van der Waals surface area contributed by atoms with Crippen LogP contribution in [0.25, 0.3) is 10.8 Å². The van der Waals surface area contributed by atoms with Gasteiger partial charge in [-0.3, -0.25) is 9.78 Å². The summed E-state index contributed by atoms with van der Waals surface area (Å²) >= 11 is 0. The number of benzene rings is 1. The van der Waals surface area contributed by atoms with E-state index in [-0.39, 0.29) is 11.8 Å². The third kappa shape index (κ3) is 2.60. The highest BCUT2D eigenvalue weighted by molar-refractivity contribution is 5.95. The smallest absolute Gasteiger partial charge is 0.228 e. The Bertz CT molecular complexity index is 539. The van der Waals surface area contributed by atoms with E-state index in [1.807, 2.05) is 24.3 Å². The monoisotopic (exact) mass is 229 g/mol. The molecule has 0 bridgehead atoms. The Hall–Kier alpha value is -1.94. The second-order valence-corrected chi connectivity index (χ2v) is 4.06. The molecule has 2 aromatic rings. The fourth-order valence-corrected chi connectivity index (χ4v) is 1.53. The summed E-state index contributed by atoms with van der Waals surface area (Å²) in [5, 5.41) is 4.95. The molecule has 88 valence electrons. The average molecular weight is 229 g/mol. The number of nitrogens with zero attached hydrogens (tertiary/aromatic N) is 1. The fourth-order valence-electron chi connectivity index (χ4n) is 1.53. The highest BCUT2D eigenvalue weighted by Gasteiger charge is 2.10. The van der Waals surface area contributed by atoms with Crippen molar-refractivity contribution in [2.75, 3.05) is 11.9 Å². The van der Waals surface area contributed by atoms with Gasteiger partial charge in [-0.2, -0.15) is 0 Å². The Labute approximate surface area is 99.8 Å². The van der Waals surface area contributed by atoms with Crippen LogP contribution in [0.5, 0.6) is 0 Å². The minimum absolute atomic E-state index is 0.0547. The number of pyridine rings is 1. The number of aromatic nitrogens is 1. The summed E-state index contributed by atoms with van der Waals surface area (Å²) in [6.07, 6.45) is 3.53. The van der Waals surface area contributed by atoms with Crippen molar-refractivity contribution in [1.82, 2.24) is 4.98 Å². The second-order valence-electron chi connectivity index (χ2n) is 4.06. The second kappa shape index (κ2) is 4.93. The molecule has 4 nitrogen and oxygen atoms in total. The predicted octanol–water partition coefficient (Wildman–Crippen LogP) is 1.77. The number of hydrogen-bond donors (Lipinski definition) is 2. The maximum atomic E-state index is 11.7. The number of carbonyl (C=O) groups is 1. The van der Waals surface area contributed by atoms with Gasteiger partial charge in [-0.05, 0) is 23.6 Å². The number of amides is 1. The number of nitrogens with two attached hydrogens (primary N) is 1. The molecular formula is C13H15N3O. The van der Waals surface area contributed by atoms with E-state index >= 15 is 0 Å². The largest absolute Gasteiger partial charge is 0.330 e. The van der Waals surface area contributed by atoms with Crippen molar-refractivity contribution in [2.45, 2.75) is 6.92 Å². The van der Waals surface area contributed by atoms with Crippen LogP contribution in [0.2, 0.25) is 0 Å². The summed E-state index contributed by atoms with van der Waals surface area (Å²) in [4.78, 5) is 15.7. The highest BCUT2D eigenvalue weighted by atomic mass is 16.1. The number of carbonyl (C=O) groups excluding carboxylic acids is 1. The van der Waals surface area contributed by atoms with E-state index in [1.54, 1.807) is 19.3 Å². The molecule has 0 aliphatic heterocycles. The molecule has 0 saturated heterocycles. The van der Waals surface area contributed by atoms with E-state index in [9.17, 15) is 4.79 Å². The summed E-state index contributed by atoms with van der Waals surface area (Å²) in [5.74, 6) is -0.232. The van der Waals surface area contributed by atoms with Crippen molar-refractivity contribution < 1.29 is 4.79 Å². The van der Waals surface area contributed by atoms with Crippen LogP contribution in [0.1, 0.15) is 6.92 Å². The van der Waals surface area contributed by atoms with Crippen molar-refractivity contribution in [3.05, 3.63) is 36.7 Å². The number of hydrogen-bond acceptors (Lipinski definition) is 3. The summed E-state index contributed by atoms with van der Waals surface area (Å²) in [6.45, 7) is 2.16. The van der Waals surface area contributed by atoms with E-state index < -0.39 is 0 Å². The van der Waals surface area contributed by atoms with E-state index in [2.05, 4.69) is 10.3 Å². The molecule has 4 heteroatoms. The topological polar surface area (TPSA) is 68.0 Å². The first-order valence-electron chi connectivity index (χ1n) is 5.55. The van der Waals surface area contributed by atoms with Gasteiger partial charge >= 0.3 is 0 Å². The minimum Gasteiger partial charge on any atom is -0.330 e. The average Bonchev–Trinajstić information content (AvgIpc) is 2.37. The molecule has 3 N–H and O–H groups in total. The van der Waals surface area contributed by atoms with E-state index in [0.717, 1.165) is 16.5 Å². The zero-order chi connectivity index (χ0) is 12.3. The Morgan fingerprint density at radius 2 is 2.24 bits per heavy atom. The van der Waals surface area contributed by atoms with Gasteiger partial charge in [0.25, 0.3) is 0 Å². The van der Waals surface area contributed by atoms with Gasteiger partial charge in [0.05, 0.1) is 0 Å². The molecular weight excluding hydrogens is 214 g/mol. The van der Waals surface area contributed by atoms with Crippen LogP contribution < -0.4 is 11.1 Å². The van der Waals surface area contributed by atoms with Gasteiger partial charge in [-0.15, -0.1) is 0 Å². The summed E-state index contributed by atoms with van der Waals surface area (Å²) in [6, 6.07) is 7.64. The molecule has 0 radical (unpaired) electrons. The van der Waals surface area contributed by atoms with Gasteiger partial charge in [0.15, 0.2) is 0 Å². The molecule has 0 fully saturated rings. The summed E-state index contributed by atoms with van der Waals surface area (Å²) in [5.41, 5.74) is 6.23. The fraction of sp³-hybridized carbons (Fsp3) is 0.231. The van der Waals surface area contributed by atoms with Crippen molar-refractivity contribution in [3.8, 4) is 0 Å². The molecule has 0 aliphatic rings. The van der Waals surface area contributed by atoms with Crippen molar-refractivity contribution in [3.63, 3.8) is 0 Å². The molecule has 1 aromatic heterocycles. The molecule has 1 heterocycles. The van der Waals surface area contributed by atoms with Crippen molar-refractivity contribution >= 4 is 22.4 Å². The molecule has 1 atom stereocenters. The van der Waals surface area contributed by atoms with Crippen LogP contribution in [-0.2, 0) is 4.79 Å². The Morgan fingerprint density at radius 1 is 1.41 bits per heavy atom. The summed E-state index contributed by atoms with van der Waals surface area (Å²) in [7, 11) is 0. The van der Waals surface area contributed by atoms with Crippen LogP contribution in [0, 0.1) is 5.92 Å². The van der Waals surface area contributed by atoms with Crippen LogP contribution >= 0.6 is 0 Å². The third-order valence-electron chi connectivity index (χ3n) is 2.71. The molecule has 17 heavy (non-hydrogen) atoms. The maximum Gasteiger partial charge on any atom is 0.228 e. The molecule has 2 rings (SSSR count). The van der Waals surface area contributed by atoms with Crippen molar-refractivity contribution in [1.29, 1.82) is 0 Å². The van der Waals surface area contributed by atoms with Crippen molar-refractivity contribution in [2.24, 2.45) is 11.7 Å². The van der Waals surface area contributed by atoms with Crippen LogP contribution in [0.4, 0.5) is 5.69 Å². The van der Waals surface area contributed by atoms with E-state index in [0.29, 0.717) is 6.54 Å². The minimum atomic E-state index is -0.178. The summed E-state index contributed by atoms with van der Waals surface area (Å²) < 4.78 is 0. The Kier molecular flexibility index (Phi) is 3.35. The number of nitrogens with one attached hydrogen (secondary N) is 1. The lowest BCUT2D eigenvalue weighted by molar-refractivity contribution is -0.119. The lowest BCUT2D eigenvalue weighted by atomic mass is 10.1. The lowest BCUT2D eigenvalue weighted by Gasteiger charge is -2.10. The number of anilines is 1. The van der Waals surface area contributed by atoms with Crippen LogP contribution in [0.3, 0.4) is 0 Å². The molecule has 1 aromatic carbocycles. The quantitative estimate of drug-likeness (QED) is 0.842. The molecule has 0 spiro atoms. The first-order chi connectivity index (χ1) is 8.20. The number of fused-ring (bicyclic) bond motifs is 1. The molecule has 0 saturated carbocycles. The van der Waals surface area contributed by atoms with Gasteiger partial charge in [-0.1, -0.05) is 13.0 Å². The van der Waals surface area contributed by atoms with Crippen LogP contribution in [0.15, 0.2) is 36.7 Å². The molecule has 1 amide bonds. The first-order valence-corrected chi connectivity index (χ1v) is 5.55. The molecule has 1 unspecified atom stereocenters. The van der Waals surface area contributed by atoms with Gasteiger partial charge in [0.1, 0.15) is 0 Å². The predicted molar refractivity (Wildman–Crippen MR) is 68.6 cm³/mol. The highest BCUT2D eigenvalue weighted by Crippen LogP contribution is 2.18. The lowest BCUT2D eigenvalue weighted by Crippen LogP contribution is -2.26. The molecule has 0 aliphatic carbocycles. The van der Waals surface area contributed by atoms with E-state index in [4.69, 9.17) is 5.73 Å². The SMILES string of the molecule is CC(CN)C(=O)Nc1ccc2cnccc2c1. The zero-order valence-corrected chi connectivity index (χ0v) is 9.68. The Balaban J connectivity index is 2.22. The normalized spacial score (nSPS) is 12.4. The van der Waals surface area contributed by atoms with E-state index in [1.165, 1.54) is 0 Å². The van der Waals surface area contributed by atoms with Gasteiger partial charge in [0.2, 0.25) is 5.91 Å². The van der Waals surface area contributed by atoms with Gasteiger partial charge in [0, 0.05) is 35.9 Å². The van der Waals surface area contributed by atoms with Gasteiger partial charge in [-0.25, -0.2) is 0 Å². The Morgan fingerprint density at radius 3 is 3.00 bits per heavy atom.